The van der Waals surface area contributed by atoms with E-state index in [1.165, 1.54) is 23.3 Å². The first-order chi connectivity index (χ1) is 15.3. The quantitative estimate of drug-likeness (QED) is 0.328. The van der Waals surface area contributed by atoms with E-state index in [1.54, 1.807) is 13.0 Å². The Hall–Kier alpha value is -2.56. The van der Waals surface area contributed by atoms with Crippen LogP contribution in [0.15, 0.2) is 48.5 Å². The third-order valence-electron chi connectivity index (χ3n) is 6.69. The van der Waals surface area contributed by atoms with Crippen molar-refractivity contribution in [3.63, 3.8) is 0 Å². The van der Waals surface area contributed by atoms with Crippen molar-refractivity contribution >= 4 is 11.5 Å². The molecule has 2 aromatic rings. The van der Waals surface area contributed by atoms with Gasteiger partial charge >= 0.3 is 12.1 Å². The van der Waals surface area contributed by atoms with Crippen molar-refractivity contribution in [2.45, 2.75) is 77.3 Å². The summed E-state index contributed by atoms with van der Waals surface area (Å²) < 4.78 is 44.6. The van der Waals surface area contributed by atoms with Crippen molar-refractivity contribution in [2.24, 2.45) is 0 Å². The summed E-state index contributed by atoms with van der Waals surface area (Å²) in [5.41, 5.74) is 3.75. The van der Waals surface area contributed by atoms with Crippen LogP contribution in [0.1, 0.15) is 81.7 Å². The number of carbonyl (C=O) groups is 1. The Balaban J connectivity index is 1.87. The standard InChI is InChI=1S/C28H33F3O2/c1-6-33-25(32)22(20-10-8-11-21(18-20)28(29,30)31)12-7-9-19-13-14-23-24(17-19)27(4,5)16-15-26(23,2)3/h8,10-14,17-18H,6-7,9,15-16H2,1-5H3. The Kier molecular flexibility index (Phi) is 7.11. The lowest BCUT2D eigenvalue weighted by molar-refractivity contribution is -0.138. The summed E-state index contributed by atoms with van der Waals surface area (Å²) in [5, 5.41) is 0. The highest BCUT2D eigenvalue weighted by molar-refractivity contribution is 6.16. The third-order valence-corrected chi connectivity index (χ3v) is 6.69. The number of ether oxygens (including phenoxy) is 1. The predicted octanol–water partition coefficient (Wildman–Crippen LogP) is 7.63. The van der Waals surface area contributed by atoms with Gasteiger partial charge in [-0.05, 0) is 77.8 Å². The molecule has 33 heavy (non-hydrogen) atoms. The second-order valence-electron chi connectivity index (χ2n) is 10.1. The minimum absolute atomic E-state index is 0.102. The summed E-state index contributed by atoms with van der Waals surface area (Å²) in [7, 11) is 0. The summed E-state index contributed by atoms with van der Waals surface area (Å²) in [6.07, 6.45) is 0.702. The Morgan fingerprint density at radius 2 is 1.67 bits per heavy atom. The minimum atomic E-state index is -4.47. The minimum Gasteiger partial charge on any atom is -0.462 e. The third kappa shape index (κ3) is 5.69. The first kappa shape index (κ1) is 25.1. The van der Waals surface area contributed by atoms with Crippen molar-refractivity contribution in [2.75, 3.05) is 6.61 Å². The predicted molar refractivity (Wildman–Crippen MR) is 126 cm³/mol. The van der Waals surface area contributed by atoms with E-state index in [9.17, 15) is 18.0 Å². The van der Waals surface area contributed by atoms with E-state index < -0.39 is 17.7 Å². The van der Waals surface area contributed by atoms with Gasteiger partial charge in [0.1, 0.15) is 0 Å². The fourth-order valence-corrected chi connectivity index (χ4v) is 4.57. The Morgan fingerprint density at radius 3 is 2.30 bits per heavy atom. The van der Waals surface area contributed by atoms with E-state index in [0.717, 1.165) is 30.5 Å². The molecule has 0 radical (unpaired) electrons. The second-order valence-corrected chi connectivity index (χ2v) is 10.1. The fourth-order valence-electron chi connectivity index (χ4n) is 4.57. The van der Waals surface area contributed by atoms with Crippen LogP contribution in [0, 0.1) is 0 Å². The maximum absolute atomic E-state index is 13.2. The first-order valence-corrected chi connectivity index (χ1v) is 11.5. The lowest BCUT2D eigenvalue weighted by Gasteiger charge is -2.42. The normalized spacial score (nSPS) is 17.4. The second kappa shape index (κ2) is 9.36. The molecule has 0 saturated heterocycles. The van der Waals surface area contributed by atoms with Gasteiger partial charge < -0.3 is 4.74 Å². The number of halogens is 3. The van der Waals surface area contributed by atoms with Crippen LogP contribution in [-0.2, 0) is 33.0 Å². The zero-order chi connectivity index (χ0) is 24.4. The van der Waals surface area contributed by atoms with Crippen LogP contribution in [0.3, 0.4) is 0 Å². The van der Waals surface area contributed by atoms with Crippen molar-refractivity contribution < 1.29 is 22.7 Å². The maximum atomic E-state index is 13.2. The number of carbonyl (C=O) groups excluding carboxylic acids is 1. The molecule has 0 saturated carbocycles. The molecule has 5 heteroatoms. The summed E-state index contributed by atoms with van der Waals surface area (Å²) in [4.78, 5) is 12.5. The smallest absolute Gasteiger partial charge is 0.416 e. The molecular formula is C28H33F3O2. The van der Waals surface area contributed by atoms with Gasteiger partial charge in [0.15, 0.2) is 0 Å². The SMILES string of the molecule is CCOC(=O)C(=CCCc1ccc2c(c1)C(C)(C)CCC2(C)C)c1cccc(C(F)(F)F)c1. The molecule has 0 aromatic heterocycles. The molecule has 0 heterocycles. The fraction of sp³-hybridized carbons (Fsp3) is 0.464. The maximum Gasteiger partial charge on any atom is 0.416 e. The molecule has 1 aliphatic carbocycles. The number of benzene rings is 2. The zero-order valence-electron chi connectivity index (χ0n) is 20.1. The van der Waals surface area contributed by atoms with Gasteiger partial charge in [-0.2, -0.15) is 13.2 Å². The highest BCUT2D eigenvalue weighted by Gasteiger charge is 2.37. The zero-order valence-corrected chi connectivity index (χ0v) is 20.1. The highest BCUT2D eigenvalue weighted by Crippen LogP contribution is 2.46. The molecule has 178 valence electrons. The van der Waals surface area contributed by atoms with Crippen LogP contribution >= 0.6 is 0 Å². The van der Waals surface area contributed by atoms with Crippen LogP contribution in [0.4, 0.5) is 13.2 Å². The molecule has 2 aromatic carbocycles. The average molecular weight is 459 g/mol. The van der Waals surface area contributed by atoms with Gasteiger partial charge in [-0.3, -0.25) is 0 Å². The topological polar surface area (TPSA) is 26.3 Å². The number of allylic oxidation sites excluding steroid dienone is 1. The van der Waals surface area contributed by atoms with Crippen molar-refractivity contribution in [1.82, 2.24) is 0 Å². The van der Waals surface area contributed by atoms with Gasteiger partial charge in [-0.25, -0.2) is 4.79 Å². The van der Waals surface area contributed by atoms with Crippen LogP contribution < -0.4 is 0 Å². The summed E-state index contributed by atoms with van der Waals surface area (Å²) in [5.74, 6) is -0.606. The Morgan fingerprint density at radius 1 is 1.00 bits per heavy atom. The molecule has 0 spiro atoms. The number of esters is 1. The molecule has 0 bridgehead atoms. The number of hydrogen-bond donors (Lipinski definition) is 0. The van der Waals surface area contributed by atoms with Crippen molar-refractivity contribution in [1.29, 1.82) is 0 Å². The lowest BCUT2D eigenvalue weighted by atomic mass is 9.63. The number of aryl methyl sites for hydroxylation is 1. The molecule has 2 nitrogen and oxygen atoms in total. The van der Waals surface area contributed by atoms with Crippen molar-refractivity contribution in [3.05, 3.63) is 76.4 Å². The van der Waals surface area contributed by atoms with E-state index >= 15 is 0 Å². The van der Waals surface area contributed by atoms with Crippen LogP contribution in [0.25, 0.3) is 5.57 Å². The summed E-state index contributed by atoms with van der Waals surface area (Å²) in [6, 6.07) is 11.5. The monoisotopic (exact) mass is 458 g/mol. The van der Waals surface area contributed by atoms with E-state index in [0.29, 0.717) is 12.8 Å². The van der Waals surface area contributed by atoms with Crippen molar-refractivity contribution in [3.8, 4) is 0 Å². The number of rotatable bonds is 6. The summed E-state index contributed by atoms with van der Waals surface area (Å²) >= 11 is 0. The number of hydrogen-bond acceptors (Lipinski definition) is 2. The molecule has 0 amide bonds. The van der Waals surface area contributed by atoms with Gasteiger partial charge in [-0.15, -0.1) is 0 Å². The summed E-state index contributed by atoms with van der Waals surface area (Å²) in [6.45, 7) is 11.0. The first-order valence-electron chi connectivity index (χ1n) is 11.5. The van der Waals surface area contributed by atoms with E-state index in [4.69, 9.17) is 4.74 Å². The van der Waals surface area contributed by atoms with Gasteiger partial charge in [0, 0.05) is 0 Å². The van der Waals surface area contributed by atoms with Crippen LogP contribution in [0.5, 0.6) is 0 Å². The molecule has 0 N–H and O–H groups in total. The number of fused-ring (bicyclic) bond motifs is 1. The van der Waals surface area contributed by atoms with Crippen LogP contribution in [0.2, 0.25) is 0 Å². The molecule has 0 fully saturated rings. The Labute approximate surface area is 194 Å². The molecule has 0 atom stereocenters. The molecule has 1 aliphatic rings. The van der Waals surface area contributed by atoms with Gasteiger partial charge in [-0.1, -0.05) is 64.1 Å². The van der Waals surface area contributed by atoms with Gasteiger partial charge in [0.05, 0.1) is 17.7 Å². The van der Waals surface area contributed by atoms with Crippen LogP contribution in [-0.4, -0.2) is 12.6 Å². The van der Waals surface area contributed by atoms with Gasteiger partial charge in [0.2, 0.25) is 0 Å². The number of alkyl halides is 3. The average Bonchev–Trinajstić information content (AvgIpc) is 2.74. The molecular weight excluding hydrogens is 425 g/mol. The largest absolute Gasteiger partial charge is 0.462 e. The lowest BCUT2D eigenvalue weighted by Crippen LogP contribution is -2.33. The van der Waals surface area contributed by atoms with Gasteiger partial charge in [0.25, 0.3) is 0 Å². The molecule has 3 rings (SSSR count). The molecule has 0 aliphatic heterocycles. The Bertz CT molecular complexity index is 1050. The highest BCUT2D eigenvalue weighted by atomic mass is 19.4. The van der Waals surface area contributed by atoms with E-state index in [-0.39, 0.29) is 28.6 Å². The molecule has 0 unspecified atom stereocenters. The van der Waals surface area contributed by atoms with E-state index in [2.05, 4.69) is 45.9 Å². The van der Waals surface area contributed by atoms with E-state index in [1.807, 2.05) is 0 Å².